The molecule has 2 nitrogen and oxygen atoms in total. The van der Waals surface area contributed by atoms with Crippen molar-refractivity contribution < 1.29 is 0 Å². The summed E-state index contributed by atoms with van der Waals surface area (Å²) in [5, 5.41) is 7.33. The normalized spacial score (nSPS) is 21.0. The van der Waals surface area contributed by atoms with Gasteiger partial charge in [-0.15, -0.1) is 11.3 Å². The summed E-state index contributed by atoms with van der Waals surface area (Å²) in [5.41, 5.74) is 1.53. The second kappa shape index (κ2) is 6.91. The lowest BCUT2D eigenvalue weighted by Gasteiger charge is -2.36. The van der Waals surface area contributed by atoms with E-state index in [0.717, 1.165) is 6.54 Å². The molecule has 1 aromatic heterocycles. The van der Waals surface area contributed by atoms with Crippen molar-refractivity contribution in [3.63, 3.8) is 0 Å². The van der Waals surface area contributed by atoms with Gasteiger partial charge in [0.2, 0.25) is 0 Å². The van der Waals surface area contributed by atoms with Crippen LogP contribution in [0.1, 0.15) is 31.7 Å². The monoisotopic (exact) mass is 302 g/mol. The minimum atomic E-state index is 0.647. The van der Waals surface area contributed by atoms with Gasteiger partial charge in [0.05, 0.1) is 0 Å². The molecular weight excluding hydrogens is 276 g/mol. The van der Waals surface area contributed by atoms with Crippen LogP contribution >= 0.6 is 11.3 Å². The Labute approximate surface area is 132 Å². The van der Waals surface area contributed by atoms with E-state index in [2.05, 4.69) is 53.8 Å². The molecule has 0 aliphatic carbocycles. The van der Waals surface area contributed by atoms with Gasteiger partial charge in [0.1, 0.15) is 0 Å². The number of fused-ring (bicyclic) bond motifs is 1. The molecule has 2 atom stereocenters. The maximum Gasteiger partial charge on any atom is 0.0345 e. The fourth-order valence-corrected chi connectivity index (χ4v) is 4.33. The molecule has 3 heteroatoms. The van der Waals surface area contributed by atoms with Crippen molar-refractivity contribution in [1.29, 1.82) is 0 Å². The van der Waals surface area contributed by atoms with Crippen LogP contribution < -0.4 is 5.32 Å². The smallest absolute Gasteiger partial charge is 0.0345 e. The summed E-state index contributed by atoms with van der Waals surface area (Å²) in [6.45, 7) is 4.73. The molecule has 2 unspecified atom stereocenters. The highest BCUT2D eigenvalue weighted by atomic mass is 32.1. The Hall–Kier alpha value is -0.900. The van der Waals surface area contributed by atoms with E-state index in [1.165, 1.54) is 47.9 Å². The standard InChI is InChI=1S/C18H26N2S/c1-14(20(2)16-6-5-11-19-12-16)9-10-15-13-21-18-8-4-3-7-17(15)18/h3-4,7-8,13-14,16,19H,5-6,9-12H2,1-2H3. The summed E-state index contributed by atoms with van der Waals surface area (Å²) in [4.78, 5) is 2.58. The zero-order chi connectivity index (χ0) is 14.7. The van der Waals surface area contributed by atoms with E-state index >= 15 is 0 Å². The van der Waals surface area contributed by atoms with Gasteiger partial charge in [-0.1, -0.05) is 18.2 Å². The number of rotatable bonds is 5. The predicted molar refractivity (Wildman–Crippen MR) is 93.3 cm³/mol. The molecule has 3 rings (SSSR count). The number of nitrogens with one attached hydrogen (secondary N) is 1. The lowest BCUT2D eigenvalue weighted by atomic mass is 10.0. The van der Waals surface area contributed by atoms with Gasteiger partial charge < -0.3 is 5.32 Å². The maximum atomic E-state index is 3.52. The summed E-state index contributed by atoms with van der Waals surface area (Å²) < 4.78 is 1.42. The minimum Gasteiger partial charge on any atom is -0.315 e. The average molecular weight is 302 g/mol. The Kier molecular flexibility index (Phi) is 4.94. The Morgan fingerprint density at radius 1 is 1.38 bits per heavy atom. The first kappa shape index (κ1) is 15.0. The number of hydrogen-bond donors (Lipinski definition) is 1. The zero-order valence-electron chi connectivity index (χ0n) is 13.1. The molecule has 114 valence electrons. The average Bonchev–Trinajstić information content (AvgIpc) is 2.96. The molecule has 21 heavy (non-hydrogen) atoms. The van der Waals surface area contributed by atoms with Crippen molar-refractivity contribution >= 4 is 21.4 Å². The lowest BCUT2D eigenvalue weighted by Crippen LogP contribution is -2.47. The molecule has 1 N–H and O–H groups in total. The fraction of sp³-hybridized carbons (Fsp3) is 0.556. The van der Waals surface area contributed by atoms with Gasteiger partial charge >= 0.3 is 0 Å². The van der Waals surface area contributed by atoms with E-state index in [0.29, 0.717) is 12.1 Å². The van der Waals surface area contributed by atoms with Gasteiger partial charge in [-0.2, -0.15) is 0 Å². The highest BCUT2D eigenvalue weighted by Crippen LogP contribution is 2.27. The second-order valence-electron chi connectivity index (χ2n) is 6.31. The second-order valence-corrected chi connectivity index (χ2v) is 7.22. The van der Waals surface area contributed by atoms with E-state index in [1.54, 1.807) is 0 Å². The Morgan fingerprint density at radius 2 is 2.24 bits per heavy atom. The summed E-state index contributed by atoms with van der Waals surface area (Å²) in [7, 11) is 2.30. The number of aryl methyl sites for hydroxylation is 1. The van der Waals surface area contributed by atoms with Gasteiger partial charge in [0.15, 0.2) is 0 Å². The summed E-state index contributed by atoms with van der Waals surface area (Å²) in [5.74, 6) is 0. The summed E-state index contributed by atoms with van der Waals surface area (Å²) >= 11 is 1.88. The largest absolute Gasteiger partial charge is 0.315 e. The molecule has 0 saturated carbocycles. The first-order valence-corrected chi connectivity index (χ1v) is 9.01. The molecule has 1 aliphatic heterocycles. The van der Waals surface area contributed by atoms with Gasteiger partial charge in [0.25, 0.3) is 0 Å². The third kappa shape index (κ3) is 3.47. The van der Waals surface area contributed by atoms with Gasteiger partial charge in [-0.3, -0.25) is 4.90 Å². The zero-order valence-corrected chi connectivity index (χ0v) is 14.0. The van der Waals surface area contributed by atoms with Gasteiger partial charge in [-0.25, -0.2) is 0 Å². The molecule has 0 radical (unpaired) electrons. The van der Waals surface area contributed by atoms with Crippen molar-refractivity contribution in [1.82, 2.24) is 10.2 Å². The third-order valence-electron chi connectivity index (χ3n) is 4.93. The van der Waals surface area contributed by atoms with Crippen molar-refractivity contribution in [2.45, 2.75) is 44.7 Å². The van der Waals surface area contributed by atoms with Crippen LogP contribution in [0.15, 0.2) is 29.6 Å². The van der Waals surface area contributed by atoms with Gasteiger partial charge in [-0.05, 0) is 68.6 Å². The molecule has 0 spiro atoms. The number of benzene rings is 1. The number of thiophene rings is 1. The molecule has 1 aliphatic rings. The molecule has 1 aromatic carbocycles. The van der Waals surface area contributed by atoms with E-state index in [4.69, 9.17) is 0 Å². The van der Waals surface area contributed by atoms with E-state index in [-0.39, 0.29) is 0 Å². The Morgan fingerprint density at radius 3 is 3.05 bits per heavy atom. The van der Waals surface area contributed by atoms with Crippen molar-refractivity contribution in [3.05, 3.63) is 35.2 Å². The predicted octanol–water partition coefficient (Wildman–Crippen LogP) is 3.91. The lowest BCUT2D eigenvalue weighted by molar-refractivity contribution is 0.150. The minimum absolute atomic E-state index is 0.647. The molecule has 2 aromatic rings. The van der Waals surface area contributed by atoms with Crippen LogP contribution in [0.3, 0.4) is 0 Å². The Balaban J connectivity index is 1.58. The molecular formula is C18H26N2S. The van der Waals surface area contributed by atoms with Gasteiger partial charge in [0, 0.05) is 23.3 Å². The van der Waals surface area contributed by atoms with Crippen LogP contribution in [-0.4, -0.2) is 37.1 Å². The number of piperidine rings is 1. The number of nitrogens with zero attached hydrogens (tertiary/aromatic N) is 1. The van der Waals surface area contributed by atoms with Crippen molar-refractivity contribution in [3.8, 4) is 0 Å². The van der Waals surface area contributed by atoms with E-state index in [9.17, 15) is 0 Å². The quantitative estimate of drug-likeness (QED) is 0.901. The molecule has 1 fully saturated rings. The summed E-state index contributed by atoms with van der Waals surface area (Å²) in [6, 6.07) is 10.1. The van der Waals surface area contributed by atoms with Crippen molar-refractivity contribution in [2.24, 2.45) is 0 Å². The van der Waals surface area contributed by atoms with Crippen LogP contribution in [0.5, 0.6) is 0 Å². The first-order chi connectivity index (χ1) is 10.3. The van der Waals surface area contributed by atoms with Crippen LogP contribution in [0.25, 0.3) is 10.1 Å². The topological polar surface area (TPSA) is 15.3 Å². The molecule has 0 amide bonds. The molecule has 2 heterocycles. The first-order valence-electron chi connectivity index (χ1n) is 8.13. The van der Waals surface area contributed by atoms with Crippen LogP contribution in [0.4, 0.5) is 0 Å². The van der Waals surface area contributed by atoms with Crippen LogP contribution in [0.2, 0.25) is 0 Å². The highest BCUT2D eigenvalue weighted by molar-refractivity contribution is 7.17. The third-order valence-corrected chi connectivity index (χ3v) is 5.95. The Bertz CT molecular complexity index is 571. The van der Waals surface area contributed by atoms with Crippen LogP contribution in [-0.2, 0) is 6.42 Å². The SMILES string of the molecule is CC(CCc1csc2ccccc12)N(C)C1CCCNC1. The number of likely N-dealkylation sites (N-methyl/N-ethyl adjacent to an activating group) is 1. The van der Waals surface area contributed by atoms with E-state index in [1.807, 2.05) is 11.3 Å². The van der Waals surface area contributed by atoms with Crippen molar-refractivity contribution in [2.75, 3.05) is 20.1 Å². The summed E-state index contributed by atoms with van der Waals surface area (Å²) in [6.07, 6.45) is 5.09. The van der Waals surface area contributed by atoms with Crippen LogP contribution in [0, 0.1) is 0 Å². The molecule has 1 saturated heterocycles. The van der Waals surface area contributed by atoms with E-state index < -0.39 is 0 Å². The molecule has 0 bridgehead atoms. The maximum absolute atomic E-state index is 3.52. The highest BCUT2D eigenvalue weighted by Gasteiger charge is 2.21. The fourth-order valence-electron chi connectivity index (χ4n) is 3.34. The number of hydrogen-bond acceptors (Lipinski definition) is 3.